The van der Waals surface area contributed by atoms with E-state index in [1.165, 1.54) is 16.7 Å². The van der Waals surface area contributed by atoms with E-state index in [1.807, 2.05) is 12.1 Å². The largest absolute Gasteiger partial charge is 0.495 e. The number of thiocarbonyl (C=S) groups is 1. The number of anilines is 2. The number of nitrogens with zero attached hydrogens (tertiary/aromatic N) is 2. The van der Waals surface area contributed by atoms with Gasteiger partial charge in [-0.3, -0.25) is 0 Å². The van der Waals surface area contributed by atoms with Gasteiger partial charge in [0.25, 0.3) is 0 Å². The van der Waals surface area contributed by atoms with Gasteiger partial charge in [0.15, 0.2) is 5.11 Å². The third kappa shape index (κ3) is 4.33. The maximum absolute atomic E-state index is 5.68. The Labute approximate surface area is 173 Å². The monoisotopic (exact) mass is 399 g/mol. The summed E-state index contributed by atoms with van der Waals surface area (Å²) in [5.41, 5.74) is 5.71. The first-order valence-corrected chi connectivity index (χ1v) is 9.94. The van der Waals surface area contributed by atoms with Crippen LogP contribution >= 0.6 is 12.2 Å². The van der Waals surface area contributed by atoms with Crippen LogP contribution in [0.2, 0.25) is 0 Å². The van der Waals surface area contributed by atoms with Gasteiger partial charge in [0.1, 0.15) is 11.5 Å². The zero-order chi connectivity index (χ0) is 20.3. The lowest BCUT2D eigenvalue weighted by Gasteiger charge is -2.38. The van der Waals surface area contributed by atoms with E-state index in [2.05, 4.69) is 54.1 Å². The van der Waals surface area contributed by atoms with Crippen LogP contribution in [-0.2, 0) is 0 Å². The summed E-state index contributed by atoms with van der Waals surface area (Å²) in [7, 11) is 3.41. The number of hydrogen-bond acceptors (Lipinski definition) is 4. The predicted molar refractivity (Wildman–Crippen MR) is 120 cm³/mol. The summed E-state index contributed by atoms with van der Waals surface area (Å²) in [4.78, 5) is 4.57. The van der Waals surface area contributed by atoms with Crippen molar-refractivity contribution in [2.75, 3.05) is 50.6 Å². The fourth-order valence-electron chi connectivity index (χ4n) is 3.45. The van der Waals surface area contributed by atoms with Crippen LogP contribution < -0.4 is 19.7 Å². The first-order chi connectivity index (χ1) is 13.4. The van der Waals surface area contributed by atoms with Crippen molar-refractivity contribution in [1.29, 1.82) is 0 Å². The first kappa shape index (κ1) is 20.3. The number of nitrogens with one attached hydrogen (secondary N) is 1. The van der Waals surface area contributed by atoms with E-state index in [0.29, 0.717) is 0 Å². The average Bonchev–Trinajstić information content (AvgIpc) is 2.70. The van der Waals surface area contributed by atoms with Crippen molar-refractivity contribution in [2.24, 2.45) is 0 Å². The van der Waals surface area contributed by atoms with Gasteiger partial charge in [-0.05, 0) is 73.9 Å². The smallest absolute Gasteiger partial charge is 0.173 e. The van der Waals surface area contributed by atoms with E-state index >= 15 is 0 Å². The molecule has 0 bridgehead atoms. The third-order valence-corrected chi connectivity index (χ3v) is 5.66. The number of methoxy groups -OCH3 is 2. The van der Waals surface area contributed by atoms with E-state index in [-0.39, 0.29) is 0 Å². The van der Waals surface area contributed by atoms with Crippen molar-refractivity contribution in [3.05, 3.63) is 47.0 Å². The van der Waals surface area contributed by atoms with Crippen molar-refractivity contribution >= 4 is 28.7 Å². The lowest BCUT2D eigenvalue weighted by Crippen LogP contribution is -2.50. The van der Waals surface area contributed by atoms with Gasteiger partial charge in [-0.2, -0.15) is 0 Å². The highest BCUT2D eigenvalue weighted by molar-refractivity contribution is 7.80. The van der Waals surface area contributed by atoms with Gasteiger partial charge in [0.05, 0.1) is 25.6 Å². The molecule has 150 valence electrons. The standard InChI is InChI=1S/C22H29N3O2S/c1-15-6-7-20(26-4)19(12-15)24-8-10-25(11-9-24)22(28)23-18-13-16(2)17(3)14-21(18)27-5/h6-7,12-14H,8-11H2,1-5H3,(H,23,28). The van der Waals surface area contributed by atoms with Gasteiger partial charge >= 0.3 is 0 Å². The van der Waals surface area contributed by atoms with Crippen LogP contribution in [0.1, 0.15) is 16.7 Å². The molecule has 3 rings (SSSR count). The molecule has 0 spiro atoms. The number of piperazine rings is 1. The molecule has 2 aromatic rings. The van der Waals surface area contributed by atoms with Crippen LogP contribution in [0.25, 0.3) is 0 Å². The zero-order valence-corrected chi connectivity index (χ0v) is 18.2. The quantitative estimate of drug-likeness (QED) is 0.779. The van der Waals surface area contributed by atoms with Crippen LogP contribution in [0, 0.1) is 20.8 Å². The number of aryl methyl sites for hydroxylation is 3. The molecule has 0 unspecified atom stereocenters. The minimum absolute atomic E-state index is 0.734. The summed E-state index contributed by atoms with van der Waals surface area (Å²) in [6.07, 6.45) is 0. The minimum Gasteiger partial charge on any atom is -0.495 e. The lowest BCUT2D eigenvalue weighted by molar-refractivity contribution is 0.381. The normalized spacial score (nSPS) is 14.0. The van der Waals surface area contributed by atoms with Gasteiger partial charge < -0.3 is 24.6 Å². The molecule has 1 aliphatic rings. The van der Waals surface area contributed by atoms with Gasteiger partial charge in [-0.1, -0.05) is 6.07 Å². The molecule has 0 aliphatic carbocycles. The van der Waals surface area contributed by atoms with Crippen LogP contribution in [0.4, 0.5) is 11.4 Å². The van der Waals surface area contributed by atoms with Crippen LogP contribution in [0.5, 0.6) is 11.5 Å². The second-order valence-corrected chi connectivity index (χ2v) is 7.60. The second kappa shape index (κ2) is 8.69. The summed E-state index contributed by atoms with van der Waals surface area (Å²) < 4.78 is 11.1. The summed E-state index contributed by atoms with van der Waals surface area (Å²) in [5.74, 6) is 1.73. The number of hydrogen-bond donors (Lipinski definition) is 1. The molecule has 1 heterocycles. The summed E-state index contributed by atoms with van der Waals surface area (Å²) >= 11 is 5.68. The molecular weight excluding hydrogens is 370 g/mol. The Balaban J connectivity index is 1.66. The molecule has 2 aromatic carbocycles. The minimum atomic E-state index is 0.734. The molecule has 1 aliphatic heterocycles. The maximum Gasteiger partial charge on any atom is 0.173 e. The number of benzene rings is 2. The van der Waals surface area contributed by atoms with E-state index in [4.69, 9.17) is 21.7 Å². The highest BCUT2D eigenvalue weighted by Gasteiger charge is 2.22. The van der Waals surface area contributed by atoms with Crippen LogP contribution in [-0.4, -0.2) is 50.4 Å². The number of rotatable bonds is 4. The first-order valence-electron chi connectivity index (χ1n) is 9.53. The van der Waals surface area contributed by atoms with E-state index in [0.717, 1.165) is 54.2 Å². The molecule has 0 saturated carbocycles. The molecular formula is C22H29N3O2S. The fourth-order valence-corrected chi connectivity index (χ4v) is 3.74. The molecule has 5 nitrogen and oxygen atoms in total. The Kier molecular flexibility index (Phi) is 6.29. The molecule has 0 atom stereocenters. The van der Waals surface area contributed by atoms with Crippen LogP contribution in [0.15, 0.2) is 30.3 Å². The van der Waals surface area contributed by atoms with E-state index in [1.54, 1.807) is 14.2 Å². The van der Waals surface area contributed by atoms with E-state index in [9.17, 15) is 0 Å². The fraction of sp³-hybridized carbons (Fsp3) is 0.409. The van der Waals surface area contributed by atoms with Crippen molar-refractivity contribution in [3.63, 3.8) is 0 Å². The van der Waals surface area contributed by atoms with Crippen molar-refractivity contribution in [1.82, 2.24) is 4.90 Å². The SMILES string of the molecule is COc1cc(C)c(C)cc1NC(=S)N1CCN(c2cc(C)ccc2OC)CC1. The Morgan fingerprint density at radius 3 is 2.18 bits per heavy atom. The molecule has 0 aromatic heterocycles. The van der Waals surface area contributed by atoms with Gasteiger partial charge in [0, 0.05) is 26.2 Å². The van der Waals surface area contributed by atoms with Gasteiger partial charge in [-0.25, -0.2) is 0 Å². The highest BCUT2D eigenvalue weighted by atomic mass is 32.1. The Hall–Kier alpha value is -2.47. The third-order valence-electron chi connectivity index (χ3n) is 5.30. The van der Waals surface area contributed by atoms with Crippen LogP contribution in [0.3, 0.4) is 0 Å². The van der Waals surface area contributed by atoms with Crippen molar-refractivity contribution < 1.29 is 9.47 Å². The van der Waals surface area contributed by atoms with Gasteiger partial charge in [-0.15, -0.1) is 0 Å². The summed E-state index contributed by atoms with van der Waals surface area (Å²) in [6.45, 7) is 9.79. The zero-order valence-electron chi connectivity index (χ0n) is 17.3. The molecule has 6 heteroatoms. The van der Waals surface area contributed by atoms with E-state index < -0.39 is 0 Å². The molecule has 1 saturated heterocycles. The summed E-state index contributed by atoms with van der Waals surface area (Å²) in [6, 6.07) is 10.4. The van der Waals surface area contributed by atoms with Crippen molar-refractivity contribution in [3.8, 4) is 11.5 Å². The highest BCUT2D eigenvalue weighted by Crippen LogP contribution is 2.31. The molecule has 0 radical (unpaired) electrons. The maximum atomic E-state index is 5.68. The topological polar surface area (TPSA) is 37.0 Å². The Morgan fingerprint density at radius 1 is 0.893 bits per heavy atom. The average molecular weight is 400 g/mol. The second-order valence-electron chi connectivity index (χ2n) is 7.22. The molecule has 1 fully saturated rings. The Bertz CT molecular complexity index is 861. The van der Waals surface area contributed by atoms with Crippen molar-refractivity contribution in [2.45, 2.75) is 20.8 Å². The predicted octanol–water partition coefficient (Wildman–Crippen LogP) is 4.15. The molecule has 28 heavy (non-hydrogen) atoms. The molecule has 0 amide bonds. The summed E-state index contributed by atoms with van der Waals surface area (Å²) in [5, 5.41) is 4.11. The van der Waals surface area contributed by atoms with Gasteiger partial charge in [0.2, 0.25) is 0 Å². The molecule has 1 N–H and O–H groups in total. The Morgan fingerprint density at radius 2 is 1.54 bits per heavy atom. The number of ether oxygens (including phenoxy) is 2. The lowest BCUT2D eigenvalue weighted by atomic mass is 10.1.